The van der Waals surface area contributed by atoms with E-state index in [1.807, 2.05) is 6.07 Å². The van der Waals surface area contributed by atoms with Crippen LogP contribution >= 0.6 is 23.2 Å². The van der Waals surface area contributed by atoms with E-state index < -0.39 is 0 Å². The molecule has 3 nitrogen and oxygen atoms in total. The lowest BCUT2D eigenvalue weighted by Gasteiger charge is -2.28. The Bertz CT molecular complexity index is 395. The highest BCUT2D eigenvalue weighted by atomic mass is 35.5. The van der Waals surface area contributed by atoms with Crippen molar-refractivity contribution in [1.82, 2.24) is 9.88 Å². The standard InChI is InChI=1S/C13H18Cl2N2O/c14-12-6-5-10(13(15)16-12)9-17(7-8-18)11-3-1-2-4-11/h5-6,11,18H,1-4,7-9H2. The Morgan fingerprint density at radius 3 is 2.61 bits per heavy atom. The molecule has 0 atom stereocenters. The van der Waals surface area contributed by atoms with Crippen molar-refractivity contribution < 1.29 is 5.11 Å². The van der Waals surface area contributed by atoms with Crippen LogP contribution in [0.5, 0.6) is 0 Å². The zero-order chi connectivity index (χ0) is 13.0. The van der Waals surface area contributed by atoms with Gasteiger partial charge in [0, 0.05) is 24.7 Å². The average Bonchev–Trinajstić information content (AvgIpc) is 2.85. The normalized spacial score (nSPS) is 16.7. The van der Waals surface area contributed by atoms with Crippen molar-refractivity contribution in [3.05, 3.63) is 28.0 Å². The lowest BCUT2D eigenvalue weighted by Crippen LogP contribution is -2.35. The summed E-state index contributed by atoms with van der Waals surface area (Å²) in [6, 6.07) is 4.23. The van der Waals surface area contributed by atoms with Crippen molar-refractivity contribution >= 4 is 23.2 Å². The molecule has 100 valence electrons. The third-order valence-electron chi connectivity index (χ3n) is 3.49. The van der Waals surface area contributed by atoms with Gasteiger partial charge in [-0.05, 0) is 18.9 Å². The molecule has 1 saturated carbocycles. The fourth-order valence-electron chi connectivity index (χ4n) is 2.57. The zero-order valence-corrected chi connectivity index (χ0v) is 11.8. The van der Waals surface area contributed by atoms with E-state index in [2.05, 4.69) is 9.88 Å². The number of hydrogen-bond acceptors (Lipinski definition) is 3. The molecule has 0 saturated heterocycles. The lowest BCUT2D eigenvalue weighted by atomic mass is 10.1. The Kier molecular flexibility index (Phi) is 5.25. The van der Waals surface area contributed by atoms with Crippen LogP contribution in [-0.4, -0.2) is 34.2 Å². The minimum atomic E-state index is 0.176. The summed E-state index contributed by atoms with van der Waals surface area (Å²) in [5.74, 6) is 0. The van der Waals surface area contributed by atoms with Gasteiger partial charge < -0.3 is 5.11 Å². The summed E-state index contributed by atoms with van der Waals surface area (Å²) in [6.45, 7) is 1.59. The van der Waals surface area contributed by atoms with E-state index in [9.17, 15) is 5.11 Å². The first-order valence-electron chi connectivity index (χ1n) is 6.36. The van der Waals surface area contributed by atoms with E-state index in [0.717, 1.165) is 12.1 Å². The van der Waals surface area contributed by atoms with Crippen molar-refractivity contribution in [3.63, 3.8) is 0 Å². The monoisotopic (exact) mass is 288 g/mol. The maximum atomic E-state index is 9.18. The van der Waals surface area contributed by atoms with Gasteiger partial charge in [0.15, 0.2) is 0 Å². The molecule has 5 heteroatoms. The van der Waals surface area contributed by atoms with E-state index in [-0.39, 0.29) is 6.61 Å². The molecule has 2 rings (SSSR count). The van der Waals surface area contributed by atoms with Crippen LogP contribution in [0.4, 0.5) is 0 Å². The molecule has 1 aromatic heterocycles. The highest BCUT2D eigenvalue weighted by Crippen LogP contribution is 2.26. The van der Waals surface area contributed by atoms with Crippen LogP contribution in [0, 0.1) is 0 Å². The molecule has 18 heavy (non-hydrogen) atoms. The molecule has 0 radical (unpaired) electrons. The molecule has 1 N–H and O–H groups in total. The van der Waals surface area contributed by atoms with Gasteiger partial charge >= 0.3 is 0 Å². The number of hydrogen-bond donors (Lipinski definition) is 1. The van der Waals surface area contributed by atoms with E-state index in [1.165, 1.54) is 25.7 Å². The summed E-state index contributed by atoms with van der Waals surface area (Å²) in [7, 11) is 0. The van der Waals surface area contributed by atoms with Crippen LogP contribution in [0.25, 0.3) is 0 Å². The number of halogens is 2. The maximum absolute atomic E-state index is 9.18. The Labute approximate surface area is 118 Å². The van der Waals surface area contributed by atoms with Crippen molar-refractivity contribution in [3.8, 4) is 0 Å². The Hall–Kier alpha value is -0.350. The molecule has 1 fully saturated rings. The predicted molar refractivity (Wildman–Crippen MR) is 74.0 cm³/mol. The first-order valence-corrected chi connectivity index (χ1v) is 7.12. The van der Waals surface area contributed by atoms with Gasteiger partial charge in [-0.25, -0.2) is 4.98 Å². The number of aliphatic hydroxyl groups excluding tert-OH is 1. The quantitative estimate of drug-likeness (QED) is 0.846. The van der Waals surface area contributed by atoms with Gasteiger partial charge in [-0.2, -0.15) is 0 Å². The number of aliphatic hydroxyl groups is 1. The highest BCUT2D eigenvalue weighted by Gasteiger charge is 2.22. The van der Waals surface area contributed by atoms with Crippen LogP contribution in [0.1, 0.15) is 31.2 Å². The van der Waals surface area contributed by atoms with Gasteiger partial charge in [0.25, 0.3) is 0 Å². The lowest BCUT2D eigenvalue weighted by molar-refractivity contribution is 0.144. The first-order chi connectivity index (χ1) is 8.70. The van der Waals surface area contributed by atoms with Crippen molar-refractivity contribution in [2.45, 2.75) is 38.3 Å². The minimum absolute atomic E-state index is 0.176. The third kappa shape index (κ3) is 3.58. The van der Waals surface area contributed by atoms with Gasteiger partial charge in [-0.1, -0.05) is 42.1 Å². The average molecular weight is 289 g/mol. The second kappa shape index (κ2) is 6.71. The number of aromatic nitrogens is 1. The molecule has 0 spiro atoms. The van der Waals surface area contributed by atoms with E-state index in [4.69, 9.17) is 23.2 Å². The van der Waals surface area contributed by atoms with Gasteiger partial charge in [0.1, 0.15) is 10.3 Å². The van der Waals surface area contributed by atoms with Crippen LogP contribution < -0.4 is 0 Å². The molecule has 1 heterocycles. The highest BCUT2D eigenvalue weighted by molar-refractivity contribution is 6.32. The van der Waals surface area contributed by atoms with Gasteiger partial charge in [-0.3, -0.25) is 4.90 Å². The summed E-state index contributed by atoms with van der Waals surface area (Å²) in [6.07, 6.45) is 4.97. The molecule has 0 amide bonds. The maximum Gasteiger partial charge on any atom is 0.135 e. The Balaban J connectivity index is 2.07. The fourth-order valence-corrected chi connectivity index (χ4v) is 2.97. The van der Waals surface area contributed by atoms with Gasteiger partial charge in [0.05, 0.1) is 6.61 Å². The summed E-state index contributed by atoms with van der Waals surface area (Å²) in [5, 5.41) is 10.1. The largest absolute Gasteiger partial charge is 0.395 e. The van der Waals surface area contributed by atoms with Gasteiger partial charge in [0.2, 0.25) is 0 Å². The van der Waals surface area contributed by atoms with Crippen molar-refractivity contribution in [2.75, 3.05) is 13.2 Å². The molecule has 0 bridgehead atoms. The summed E-state index contributed by atoms with van der Waals surface area (Å²) >= 11 is 11.9. The summed E-state index contributed by atoms with van der Waals surface area (Å²) < 4.78 is 0. The zero-order valence-electron chi connectivity index (χ0n) is 10.3. The van der Waals surface area contributed by atoms with E-state index in [1.54, 1.807) is 6.07 Å². The number of nitrogens with zero attached hydrogens (tertiary/aromatic N) is 2. The summed E-state index contributed by atoms with van der Waals surface area (Å²) in [5.41, 5.74) is 0.974. The van der Waals surface area contributed by atoms with Crippen molar-refractivity contribution in [2.24, 2.45) is 0 Å². The second-order valence-corrected chi connectivity index (χ2v) is 5.46. The molecule has 0 aromatic carbocycles. The fraction of sp³-hybridized carbons (Fsp3) is 0.615. The molecule has 1 aromatic rings. The van der Waals surface area contributed by atoms with Crippen LogP contribution in [0.2, 0.25) is 10.3 Å². The van der Waals surface area contributed by atoms with Crippen LogP contribution in [-0.2, 0) is 6.54 Å². The molecule has 0 unspecified atom stereocenters. The van der Waals surface area contributed by atoms with E-state index >= 15 is 0 Å². The van der Waals surface area contributed by atoms with E-state index in [0.29, 0.717) is 22.9 Å². The Morgan fingerprint density at radius 1 is 1.28 bits per heavy atom. The number of pyridine rings is 1. The van der Waals surface area contributed by atoms with Gasteiger partial charge in [-0.15, -0.1) is 0 Å². The topological polar surface area (TPSA) is 36.4 Å². The predicted octanol–water partition coefficient (Wildman–Crippen LogP) is 3.13. The minimum Gasteiger partial charge on any atom is -0.395 e. The Morgan fingerprint density at radius 2 is 2.00 bits per heavy atom. The smallest absolute Gasteiger partial charge is 0.135 e. The molecular formula is C13H18Cl2N2O. The summed E-state index contributed by atoms with van der Waals surface area (Å²) in [4.78, 5) is 6.35. The second-order valence-electron chi connectivity index (χ2n) is 4.72. The van der Waals surface area contributed by atoms with Crippen LogP contribution in [0.3, 0.4) is 0 Å². The number of rotatable bonds is 5. The first kappa shape index (κ1) is 14.1. The van der Waals surface area contributed by atoms with Crippen molar-refractivity contribution in [1.29, 1.82) is 0 Å². The molecule has 1 aliphatic carbocycles. The SMILES string of the molecule is OCCN(Cc1ccc(Cl)nc1Cl)C1CCCC1. The van der Waals surface area contributed by atoms with Crippen LogP contribution in [0.15, 0.2) is 12.1 Å². The molecule has 1 aliphatic rings. The molecular weight excluding hydrogens is 271 g/mol. The molecule has 0 aliphatic heterocycles. The third-order valence-corrected chi connectivity index (χ3v) is 4.03.